The van der Waals surface area contributed by atoms with E-state index in [1.54, 1.807) is 0 Å². The Kier molecular flexibility index (Phi) is 5.91. The van der Waals surface area contributed by atoms with Gasteiger partial charge in [0.05, 0.1) is 6.10 Å². The molecule has 6 heteroatoms. The van der Waals surface area contributed by atoms with Gasteiger partial charge in [-0.15, -0.1) is 0 Å². The summed E-state index contributed by atoms with van der Waals surface area (Å²) in [6.07, 6.45) is 3.77. The van der Waals surface area contributed by atoms with Crippen LogP contribution >= 0.6 is 0 Å². The van der Waals surface area contributed by atoms with Crippen molar-refractivity contribution in [1.82, 2.24) is 15.6 Å². The minimum Gasteiger partial charge on any atom is -0.381 e. The van der Waals surface area contributed by atoms with Crippen LogP contribution in [-0.2, 0) is 15.9 Å². The molecule has 2 amide bonds. The van der Waals surface area contributed by atoms with Crippen molar-refractivity contribution >= 4 is 6.03 Å². The average molecular weight is 347 g/mol. The predicted molar refractivity (Wildman–Crippen MR) is 95.5 cm³/mol. The summed E-state index contributed by atoms with van der Waals surface area (Å²) in [6, 6.07) is 6.03. The highest BCUT2D eigenvalue weighted by Crippen LogP contribution is 2.50. The minimum absolute atomic E-state index is 0.0453. The molecule has 1 aliphatic heterocycles. The lowest BCUT2D eigenvalue weighted by atomic mass is 9.57. The van der Waals surface area contributed by atoms with Crippen LogP contribution in [0.5, 0.6) is 0 Å². The monoisotopic (exact) mass is 347 g/mol. The van der Waals surface area contributed by atoms with Crippen molar-refractivity contribution in [1.29, 1.82) is 0 Å². The number of carbonyl (C=O) groups excluding carboxylic acids is 1. The Balaban J connectivity index is 1.47. The van der Waals surface area contributed by atoms with Crippen LogP contribution in [0, 0.1) is 12.3 Å². The molecule has 1 saturated heterocycles. The molecule has 2 N–H and O–H groups in total. The highest BCUT2D eigenvalue weighted by molar-refractivity contribution is 5.74. The Morgan fingerprint density at radius 1 is 1.40 bits per heavy atom. The van der Waals surface area contributed by atoms with Gasteiger partial charge >= 0.3 is 6.03 Å². The molecule has 138 valence electrons. The van der Waals surface area contributed by atoms with Crippen LogP contribution in [0.3, 0.4) is 0 Å². The number of rotatable bonds is 6. The first-order chi connectivity index (χ1) is 12.1. The molecule has 0 bridgehead atoms. The Bertz CT molecular complexity index is 587. The highest BCUT2D eigenvalue weighted by Gasteiger charge is 2.56. The van der Waals surface area contributed by atoms with E-state index in [1.807, 2.05) is 32.0 Å². The Morgan fingerprint density at radius 3 is 2.92 bits per heavy atom. The third-order valence-corrected chi connectivity index (χ3v) is 5.49. The molecule has 6 nitrogen and oxygen atoms in total. The lowest BCUT2D eigenvalue weighted by molar-refractivity contribution is -0.169. The number of hydrogen-bond acceptors (Lipinski definition) is 4. The standard InChI is InChI=1S/C19H29N3O3/c1-3-25-17-13-16(19(17)8-11-24-12-9-19)22-18(23)20-10-7-15-6-4-5-14(2)21-15/h4-6,16-17H,3,7-13H2,1-2H3,(H2,20,22,23). The van der Waals surface area contributed by atoms with Crippen molar-refractivity contribution in [3.63, 3.8) is 0 Å². The molecule has 2 heterocycles. The van der Waals surface area contributed by atoms with Crippen molar-refractivity contribution in [2.75, 3.05) is 26.4 Å². The molecule has 0 radical (unpaired) electrons. The summed E-state index contributed by atoms with van der Waals surface area (Å²) in [7, 11) is 0. The molecule has 2 aliphatic rings. The number of pyridine rings is 1. The Labute approximate surface area is 149 Å². The summed E-state index contributed by atoms with van der Waals surface area (Å²) in [5.74, 6) is 0. The Morgan fingerprint density at radius 2 is 2.20 bits per heavy atom. The van der Waals surface area contributed by atoms with Crippen LogP contribution in [0.1, 0.15) is 37.6 Å². The van der Waals surface area contributed by atoms with Gasteiger partial charge in [-0.2, -0.15) is 0 Å². The SMILES string of the molecule is CCOC1CC(NC(=O)NCCc2cccc(C)n2)C12CCOCC2. The van der Waals surface area contributed by atoms with Crippen molar-refractivity contribution in [2.45, 2.75) is 51.7 Å². The zero-order valence-corrected chi connectivity index (χ0v) is 15.2. The van der Waals surface area contributed by atoms with E-state index in [1.165, 1.54) is 0 Å². The second-order valence-electron chi connectivity index (χ2n) is 7.00. The van der Waals surface area contributed by atoms with Gasteiger partial charge in [-0.05, 0) is 45.2 Å². The van der Waals surface area contributed by atoms with E-state index in [-0.39, 0.29) is 23.6 Å². The van der Waals surface area contributed by atoms with E-state index in [0.717, 1.165) is 56.9 Å². The fourth-order valence-corrected chi connectivity index (χ4v) is 4.06. The van der Waals surface area contributed by atoms with Crippen LogP contribution < -0.4 is 10.6 Å². The number of carbonyl (C=O) groups is 1. The van der Waals surface area contributed by atoms with E-state index >= 15 is 0 Å². The van der Waals surface area contributed by atoms with Crippen molar-refractivity contribution in [3.05, 3.63) is 29.6 Å². The minimum atomic E-state index is -0.0986. The maximum Gasteiger partial charge on any atom is 0.315 e. The molecule has 1 aromatic rings. The molecule has 1 aliphatic carbocycles. The molecule has 1 spiro atoms. The normalized spacial score (nSPS) is 24.6. The van der Waals surface area contributed by atoms with Crippen LogP contribution in [0.4, 0.5) is 4.79 Å². The maximum absolute atomic E-state index is 12.3. The quantitative estimate of drug-likeness (QED) is 0.827. The number of aromatic nitrogens is 1. The highest BCUT2D eigenvalue weighted by atomic mass is 16.5. The lowest BCUT2D eigenvalue weighted by Gasteiger charge is -2.57. The van der Waals surface area contributed by atoms with E-state index in [9.17, 15) is 4.79 Å². The fraction of sp³-hybridized carbons (Fsp3) is 0.684. The van der Waals surface area contributed by atoms with Gasteiger partial charge in [0.1, 0.15) is 0 Å². The third-order valence-electron chi connectivity index (χ3n) is 5.49. The van der Waals surface area contributed by atoms with E-state index in [2.05, 4.69) is 15.6 Å². The van der Waals surface area contributed by atoms with Gasteiger partial charge in [0.15, 0.2) is 0 Å². The number of nitrogens with one attached hydrogen (secondary N) is 2. The summed E-state index contributed by atoms with van der Waals surface area (Å²) in [5.41, 5.74) is 2.05. The molecule has 0 aromatic carbocycles. The first kappa shape index (κ1) is 18.1. The number of amides is 2. The van der Waals surface area contributed by atoms with Crippen molar-refractivity contribution in [2.24, 2.45) is 5.41 Å². The van der Waals surface area contributed by atoms with Crippen molar-refractivity contribution < 1.29 is 14.3 Å². The van der Waals surface area contributed by atoms with E-state index in [0.29, 0.717) is 6.54 Å². The van der Waals surface area contributed by atoms with Gasteiger partial charge in [-0.1, -0.05) is 6.07 Å². The topological polar surface area (TPSA) is 72.5 Å². The van der Waals surface area contributed by atoms with Crippen LogP contribution in [0.25, 0.3) is 0 Å². The molecule has 2 fully saturated rings. The maximum atomic E-state index is 12.3. The third kappa shape index (κ3) is 4.12. The number of nitrogens with zero attached hydrogens (tertiary/aromatic N) is 1. The number of ether oxygens (including phenoxy) is 2. The van der Waals surface area contributed by atoms with E-state index < -0.39 is 0 Å². The molecule has 1 saturated carbocycles. The molecule has 1 aromatic heterocycles. The van der Waals surface area contributed by atoms with Crippen molar-refractivity contribution in [3.8, 4) is 0 Å². The van der Waals surface area contributed by atoms with Gasteiger partial charge in [0.25, 0.3) is 0 Å². The largest absolute Gasteiger partial charge is 0.381 e. The molecule has 2 atom stereocenters. The number of hydrogen-bond donors (Lipinski definition) is 2. The summed E-state index contributed by atoms with van der Waals surface area (Å²) in [6.45, 7) is 6.81. The molecule has 25 heavy (non-hydrogen) atoms. The molecular weight excluding hydrogens is 318 g/mol. The van der Waals surface area contributed by atoms with Crippen LogP contribution in [0.15, 0.2) is 18.2 Å². The molecule has 2 unspecified atom stereocenters. The second-order valence-corrected chi connectivity index (χ2v) is 7.00. The second kappa shape index (κ2) is 8.15. The molecule has 3 rings (SSSR count). The lowest BCUT2D eigenvalue weighted by Crippen LogP contribution is -2.67. The van der Waals surface area contributed by atoms with Gasteiger partial charge in [-0.25, -0.2) is 4.79 Å². The summed E-state index contributed by atoms with van der Waals surface area (Å²) in [4.78, 5) is 16.7. The van der Waals surface area contributed by atoms with Gasteiger partial charge in [0.2, 0.25) is 0 Å². The summed E-state index contributed by atoms with van der Waals surface area (Å²) >= 11 is 0. The zero-order chi connectivity index (χ0) is 17.7. The average Bonchev–Trinajstić information content (AvgIpc) is 2.62. The Hall–Kier alpha value is -1.66. The summed E-state index contributed by atoms with van der Waals surface area (Å²) < 4.78 is 11.4. The first-order valence-electron chi connectivity index (χ1n) is 9.30. The van der Waals surface area contributed by atoms with Gasteiger partial charge in [-0.3, -0.25) is 4.98 Å². The first-order valence-corrected chi connectivity index (χ1v) is 9.30. The fourth-order valence-electron chi connectivity index (χ4n) is 4.06. The smallest absolute Gasteiger partial charge is 0.315 e. The zero-order valence-electron chi connectivity index (χ0n) is 15.2. The molecular formula is C19H29N3O3. The van der Waals surface area contributed by atoms with Gasteiger partial charge in [0, 0.05) is 55.6 Å². The van der Waals surface area contributed by atoms with Gasteiger partial charge < -0.3 is 20.1 Å². The van der Waals surface area contributed by atoms with Crippen LogP contribution in [-0.4, -0.2) is 49.5 Å². The van der Waals surface area contributed by atoms with E-state index in [4.69, 9.17) is 9.47 Å². The van der Waals surface area contributed by atoms with Crippen LogP contribution in [0.2, 0.25) is 0 Å². The number of aryl methyl sites for hydroxylation is 1. The number of urea groups is 1. The predicted octanol–water partition coefficient (Wildman–Crippen LogP) is 2.21. The summed E-state index contributed by atoms with van der Waals surface area (Å²) in [5, 5.41) is 6.11.